The van der Waals surface area contributed by atoms with E-state index in [1.165, 1.54) is 6.07 Å². The molecule has 2 atom stereocenters. The second-order valence-electron chi connectivity index (χ2n) is 5.87. The van der Waals surface area contributed by atoms with Crippen LogP contribution in [0.2, 0.25) is 0 Å². The van der Waals surface area contributed by atoms with Gasteiger partial charge in [-0.15, -0.1) is 11.3 Å². The van der Waals surface area contributed by atoms with Gasteiger partial charge >= 0.3 is 5.97 Å². The van der Waals surface area contributed by atoms with E-state index in [4.69, 9.17) is 0 Å². The molecule has 4 nitrogen and oxygen atoms in total. The van der Waals surface area contributed by atoms with E-state index in [2.05, 4.69) is 0 Å². The summed E-state index contributed by atoms with van der Waals surface area (Å²) in [5.74, 6) is -2.36. The van der Waals surface area contributed by atoms with Crippen molar-refractivity contribution in [3.05, 3.63) is 58.0 Å². The molecule has 2 aromatic rings. The van der Waals surface area contributed by atoms with E-state index in [-0.39, 0.29) is 24.3 Å². The number of halogens is 1. The Kier molecular flexibility index (Phi) is 4.94. The number of carboxylic acid groups (broad SMARTS) is 1. The van der Waals surface area contributed by atoms with Gasteiger partial charge in [0.15, 0.2) is 0 Å². The predicted octanol–water partition coefficient (Wildman–Crippen LogP) is 3.49. The number of benzene rings is 1. The number of hydrogen-bond acceptors (Lipinski definition) is 3. The fourth-order valence-electron chi connectivity index (χ4n) is 3.26. The number of thiophene rings is 1. The van der Waals surface area contributed by atoms with Crippen LogP contribution < -0.4 is 0 Å². The van der Waals surface area contributed by atoms with Gasteiger partial charge in [-0.05, 0) is 30.4 Å². The summed E-state index contributed by atoms with van der Waals surface area (Å²) in [4.78, 5) is 26.8. The first kappa shape index (κ1) is 16.6. The summed E-state index contributed by atoms with van der Waals surface area (Å²) < 4.78 is 14.3. The predicted molar refractivity (Wildman–Crippen MR) is 89.2 cm³/mol. The second kappa shape index (κ2) is 7.13. The quantitative estimate of drug-likeness (QED) is 0.901. The smallest absolute Gasteiger partial charge is 0.308 e. The largest absolute Gasteiger partial charge is 0.481 e. The normalized spacial score (nSPS) is 21.0. The molecule has 3 rings (SSSR count). The Balaban J connectivity index is 1.93. The molecular formula is C18H18FNO3S. The molecule has 126 valence electrons. The molecule has 2 heterocycles. The van der Waals surface area contributed by atoms with Crippen LogP contribution in [0.5, 0.6) is 0 Å². The molecule has 1 aliphatic rings. The van der Waals surface area contributed by atoms with Crippen molar-refractivity contribution >= 4 is 23.2 Å². The first-order valence-electron chi connectivity index (χ1n) is 7.87. The zero-order valence-electron chi connectivity index (χ0n) is 13.0. The van der Waals surface area contributed by atoms with Crippen molar-refractivity contribution < 1.29 is 19.1 Å². The van der Waals surface area contributed by atoms with Crippen molar-refractivity contribution in [3.8, 4) is 0 Å². The molecule has 1 amide bonds. The average Bonchev–Trinajstić information content (AvgIpc) is 3.07. The molecule has 24 heavy (non-hydrogen) atoms. The second-order valence-corrected chi connectivity index (χ2v) is 6.90. The molecule has 1 fully saturated rings. The number of carbonyl (C=O) groups excluding carboxylic acids is 1. The van der Waals surface area contributed by atoms with Gasteiger partial charge in [-0.1, -0.05) is 24.3 Å². The minimum Gasteiger partial charge on any atom is -0.481 e. The van der Waals surface area contributed by atoms with Crippen molar-refractivity contribution in [1.82, 2.24) is 4.90 Å². The van der Waals surface area contributed by atoms with E-state index in [0.29, 0.717) is 13.0 Å². The van der Waals surface area contributed by atoms with E-state index >= 15 is 0 Å². The number of carboxylic acids is 1. The highest BCUT2D eigenvalue weighted by Crippen LogP contribution is 2.38. The zero-order chi connectivity index (χ0) is 17.1. The summed E-state index contributed by atoms with van der Waals surface area (Å²) in [6, 6.07) is 9.28. The summed E-state index contributed by atoms with van der Waals surface area (Å²) in [5.41, 5.74) is 0.282. The Hall–Kier alpha value is -2.21. The Morgan fingerprint density at radius 2 is 2.08 bits per heavy atom. The molecule has 6 heteroatoms. The highest BCUT2D eigenvalue weighted by molar-refractivity contribution is 7.09. The van der Waals surface area contributed by atoms with E-state index in [0.717, 1.165) is 4.88 Å². The molecular weight excluding hydrogens is 329 g/mol. The van der Waals surface area contributed by atoms with E-state index < -0.39 is 23.7 Å². The van der Waals surface area contributed by atoms with Crippen LogP contribution in [0.15, 0.2) is 41.8 Å². The molecule has 1 saturated heterocycles. The van der Waals surface area contributed by atoms with Gasteiger partial charge in [0, 0.05) is 23.4 Å². The molecule has 0 saturated carbocycles. The highest BCUT2D eigenvalue weighted by atomic mass is 32.1. The van der Waals surface area contributed by atoms with Crippen molar-refractivity contribution in [3.63, 3.8) is 0 Å². The van der Waals surface area contributed by atoms with Gasteiger partial charge in [-0.3, -0.25) is 9.59 Å². The summed E-state index contributed by atoms with van der Waals surface area (Å²) in [6.07, 6.45) is 1.07. The molecule has 1 aliphatic heterocycles. The van der Waals surface area contributed by atoms with Crippen LogP contribution in [-0.4, -0.2) is 28.4 Å². The topological polar surface area (TPSA) is 57.6 Å². The summed E-state index contributed by atoms with van der Waals surface area (Å²) >= 11 is 1.59. The third-order valence-electron chi connectivity index (χ3n) is 4.43. The number of carbonyl (C=O) groups is 2. The molecule has 1 aromatic carbocycles. The summed E-state index contributed by atoms with van der Waals surface area (Å²) in [6.45, 7) is 0.391. The molecule has 0 bridgehead atoms. The van der Waals surface area contributed by atoms with Gasteiger partial charge < -0.3 is 10.0 Å². The third kappa shape index (κ3) is 3.33. The van der Waals surface area contributed by atoms with Crippen LogP contribution in [0.1, 0.15) is 29.3 Å². The fourth-order valence-corrected chi connectivity index (χ4v) is 3.96. The van der Waals surface area contributed by atoms with Crippen LogP contribution in [0.25, 0.3) is 0 Å². The van der Waals surface area contributed by atoms with E-state index in [1.807, 2.05) is 17.5 Å². The molecule has 0 unspecified atom stereocenters. The number of rotatable bonds is 5. The van der Waals surface area contributed by atoms with Crippen molar-refractivity contribution in [2.75, 3.05) is 6.54 Å². The number of hydrogen-bond donors (Lipinski definition) is 1. The number of nitrogens with zero attached hydrogens (tertiary/aromatic N) is 1. The lowest BCUT2D eigenvalue weighted by molar-refractivity contribution is -0.152. The molecule has 1 aromatic heterocycles. The van der Waals surface area contributed by atoms with Gasteiger partial charge in [0.05, 0.1) is 12.0 Å². The minimum atomic E-state index is -0.989. The lowest BCUT2D eigenvalue weighted by Gasteiger charge is -2.40. The van der Waals surface area contributed by atoms with E-state index in [1.54, 1.807) is 34.4 Å². The van der Waals surface area contributed by atoms with E-state index in [9.17, 15) is 19.1 Å². The Morgan fingerprint density at radius 1 is 1.29 bits per heavy atom. The monoisotopic (exact) mass is 347 g/mol. The van der Waals surface area contributed by atoms with Crippen molar-refractivity contribution in [1.29, 1.82) is 0 Å². The SMILES string of the molecule is O=C(O)[C@H]1CCC(=O)N(CCc2cccs2)[C@@H]1c1ccccc1F. The summed E-state index contributed by atoms with van der Waals surface area (Å²) in [7, 11) is 0. The maximum Gasteiger partial charge on any atom is 0.308 e. The Morgan fingerprint density at radius 3 is 2.75 bits per heavy atom. The third-order valence-corrected chi connectivity index (χ3v) is 5.36. The van der Waals surface area contributed by atoms with Gasteiger partial charge in [-0.2, -0.15) is 0 Å². The van der Waals surface area contributed by atoms with Crippen molar-refractivity contribution in [2.24, 2.45) is 5.92 Å². The van der Waals surface area contributed by atoms with Crippen LogP contribution in [0.4, 0.5) is 4.39 Å². The first-order chi connectivity index (χ1) is 11.6. The lowest BCUT2D eigenvalue weighted by Crippen LogP contribution is -2.46. The van der Waals surface area contributed by atoms with Gasteiger partial charge in [0.25, 0.3) is 0 Å². The maximum absolute atomic E-state index is 14.3. The lowest BCUT2D eigenvalue weighted by atomic mass is 9.84. The van der Waals surface area contributed by atoms with Crippen LogP contribution in [-0.2, 0) is 16.0 Å². The van der Waals surface area contributed by atoms with Crippen molar-refractivity contribution in [2.45, 2.75) is 25.3 Å². The molecule has 0 spiro atoms. The first-order valence-corrected chi connectivity index (χ1v) is 8.75. The molecule has 0 aliphatic carbocycles. The molecule has 1 N–H and O–H groups in total. The number of piperidine rings is 1. The number of amides is 1. The standard InChI is InChI=1S/C18H18FNO3S/c19-15-6-2-1-5-13(15)17-14(18(22)23)7-8-16(21)20(17)10-9-12-4-3-11-24-12/h1-6,11,14,17H,7-10H2,(H,22,23)/t14-,17+/m0/s1. The summed E-state index contributed by atoms with van der Waals surface area (Å²) in [5, 5.41) is 11.5. The maximum atomic E-state index is 14.3. The number of aliphatic carboxylic acids is 1. The Bertz CT molecular complexity index is 732. The minimum absolute atomic E-state index is 0.114. The van der Waals surface area contributed by atoms with Gasteiger partial charge in [-0.25, -0.2) is 4.39 Å². The Labute approximate surface area is 143 Å². The number of likely N-dealkylation sites (tertiary alicyclic amines) is 1. The van der Waals surface area contributed by atoms with Gasteiger partial charge in [0.1, 0.15) is 5.82 Å². The highest BCUT2D eigenvalue weighted by Gasteiger charge is 2.41. The van der Waals surface area contributed by atoms with Crippen LogP contribution in [0, 0.1) is 11.7 Å². The average molecular weight is 347 g/mol. The zero-order valence-corrected chi connectivity index (χ0v) is 13.8. The van der Waals surface area contributed by atoms with Crippen LogP contribution in [0.3, 0.4) is 0 Å². The van der Waals surface area contributed by atoms with Crippen LogP contribution >= 0.6 is 11.3 Å². The molecule has 0 radical (unpaired) electrons. The van der Waals surface area contributed by atoms with Gasteiger partial charge in [0.2, 0.25) is 5.91 Å². The fraction of sp³-hybridized carbons (Fsp3) is 0.333.